The molecule has 0 aromatic carbocycles. The van der Waals surface area contributed by atoms with E-state index in [1.807, 2.05) is 0 Å². The van der Waals surface area contributed by atoms with Crippen molar-refractivity contribution in [3.63, 3.8) is 0 Å². The Morgan fingerprint density at radius 3 is 1.76 bits per heavy atom. The minimum Gasteiger partial charge on any atom is -0.316 e. The van der Waals surface area contributed by atoms with Crippen LogP contribution in [0.1, 0.15) is 52.4 Å². The number of carbonyl (C=O) groups is 2. The Kier molecular flexibility index (Phi) is 14.5. The summed E-state index contributed by atoms with van der Waals surface area (Å²) >= 11 is 3.25. The maximum atomic E-state index is 10.8. The molecule has 2 heterocycles. The summed E-state index contributed by atoms with van der Waals surface area (Å²) in [6.45, 7) is 9.23. The van der Waals surface area contributed by atoms with Gasteiger partial charge in [0.2, 0.25) is 0 Å². The van der Waals surface area contributed by atoms with Crippen LogP contribution in [0.2, 0.25) is 0 Å². The molecule has 21 heavy (non-hydrogen) atoms. The highest BCUT2D eigenvalue weighted by molar-refractivity contribution is 9.09. The Morgan fingerprint density at radius 1 is 0.952 bits per heavy atom. The summed E-state index contributed by atoms with van der Waals surface area (Å²) in [7, 11) is 0. The average molecular weight is 363 g/mol. The lowest BCUT2D eigenvalue weighted by Gasteiger charge is -2.24. The van der Waals surface area contributed by atoms with Crippen LogP contribution in [-0.4, -0.2) is 54.5 Å². The molecule has 0 atom stereocenters. The van der Waals surface area contributed by atoms with Crippen LogP contribution in [0.5, 0.6) is 0 Å². The molecule has 0 aliphatic carbocycles. The van der Waals surface area contributed by atoms with Gasteiger partial charge in [0, 0.05) is 57.2 Å². The largest absolute Gasteiger partial charge is 0.316 e. The summed E-state index contributed by atoms with van der Waals surface area (Å²) in [4.78, 5) is 23.6. The SMILES string of the molecule is CCCBr.CCCN1CCC(=O)CC1.O=C1CCNCC1. The van der Waals surface area contributed by atoms with Crippen molar-refractivity contribution in [1.82, 2.24) is 10.2 Å². The second kappa shape index (κ2) is 14.7. The first-order valence-corrected chi connectivity index (χ1v) is 9.28. The van der Waals surface area contributed by atoms with Crippen molar-refractivity contribution in [2.75, 3.05) is 38.1 Å². The Hall–Kier alpha value is -0.260. The van der Waals surface area contributed by atoms with Crippen LogP contribution in [0.25, 0.3) is 0 Å². The lowest BCUT2D eigenvalue weighted by molar-refractivity contribution is -0.121. The van der Waals surface area contributed by atoms with Crippen molar-refractivity contribution in [1.29, 1.82) is 0 Å². The fraction of sp³-hybridized carbons (Fsp3) is 0.875. The molecule has 0 saturated carbocycles. The molecular weight excluding hydrogens is 332 g/mol. The average Bonchev–Trinajstić information content (AvgIpc) is 2.51. The van der Waals surface area contributed by atoms with Crippen molar-refractivity contribution in [3.8, 4) is 0 Å². The zero-order chi connectivity index (χ0) is 15.9. The molecule has 2 aliphatic rings. The lowest BCUT2D eigenvalue weighted by atomic mass is 10.1. The van der Waals surface area contributed by atoms with E-state index >= 15 is 0 Å². The Morgan fingerprint density at radius 2 is 1.43 bits per heavy atom. The number of carbonyl (C=O) groups excluding carboxylic acids is 2. The molecule has 0 radical (unpaired) electrons. The highest BCUT2D eigenvalue weighted by Gasteiger charge is 2.14. The third-order valence-corrected chi connectivity index (χ3v) is 4.10. The molecule has 0 bridgehead atoms. The summed E-state index contributed by atoms with van der Waals surface area (Å²) in [6.07, 6.45) is 5.47. The smallest absolute Gasteiger partial charge is 0.135 e. The van der Waals surface area contributed by atoms with Crippen LogP contribution in [-0.2, 0) is 9.59 Å². The highest BCUT2D eigenvalue weighted by atomic mass is 79.9. The van der Waals surface area contributed by atoms with Gasteiger partial charge in [-0.25, -0.2) is 0 Å². The van der Waals surface area contributed by atoms with Gasteiger partial charge in [-0.1, -0.05) is 29.8 Å². The van der Waals surface area contributed by atoms with Gasteiger partial charge in [0.15, 0.2) is 0 Å². The molecule has 0 aromatic rings. The Balaban J connectivity index is 0.000000317. The topological polar surface area (TPSA) is 49.4 Å². The second-order valence-corrected chi connectivity index (χ2v) is 6.15. The van der Waals surface area contributed by atoms with E-state index in [-0.39, 0.29) is 0 Å². The molecule has 1 N–H and O–H groups in total. The summed E-state index contributed by atoms with van der Waals surface area (Å²) in [5, 5.41) is 4.23. The van der Waals surface area contributed by atoms with Crippen molar-refractivity contribution in [3.05, 3.63) is 0 Å². The van der Waals surface area contributed by atoms with E-state index in [1.165, 1.54) is 12.8 Å². The molecule has 2 fully saturated rings. The predicted molar refractivity (Wildman–Crippen MR) is 92.2 cm³/mol. The maximum absolute atomic E-state index is 10.8. The highest BCUT2D eigenvalue weighted by Crippen LogP contribution is 2.05. The summed E-state index contributed by atoms with van der Waals surface area (Å²) in [5.74, 6) is 0.839. The maximum Gasteiger partial charge on any atom is 0.135 e. The van der Waals surface area contributed by atoms with Gasteiger partial charge in [-0.15, -0.1) is 0 Å². The van der Waals surface area contributed by atoms with E-state index in [1.54, 1.807) is 0 Å². The molecule has 0 unspecified atom stereocenters. The van der Waals surface area contributed by atoms with Crippen molar-refractivity contribution in [2.45, 2.75) is 52.4 Å². The van der Waals surface area contributed by atoms with Gasteiger partial charge < -0.3 is 10.2 Å². The molecule has 2 rings (SSSR count). The van der Waals surface area contributed by atoms with Crippen LogP contribution in [0.4, 0.5) is 0 Å². The van der Waals surface area contributed by atoms with Gasteiger partial charge >= 0.3 is 0 Å². The number of piperidine rings is 2. The standard InChI is InChI=1S/C8H15NO.C5H9NO.C3H7Br/c1-2-5-9-6-3-8(10)4-7-9;7-5-1-3-6-4-2-5;1-2-3-4/h2-7H2,1H3;6H,1-4H2;2-3H2,1H3. The molecule has 4 nitrogen and oxygen atoms in total. The third-order valence-electron chi connectivity index (χ3n) is 3.30. The molecule has 2 aliphatic heterocycles. The van der Waals surface area contributed by atoms with E-state index in [2.05, 4.69) is 40.0 Å². The molecule has 2 saturated heterocycles. The summed E-state index contributed by atoms with van der Waals surface area (Å²) in [5.41, 5.74) is 0. The number of nitrogens with one attached hydrogen (secondary N) is 1. The zero-order valence-electron chi connectivity index (χ0n) is 13.6. The zero-order valence-corrected chi connectivity index (χ0v) is 15.2. The number of halogens is 1. The van der Waals surface area contributed by atoms with Gasteiger partial charge in [-0.3, -0.25) is 9.59 Å². The first-order valence-electron chi connectivity index (χ1n) is 8.16. The van der Waals surface area contributed by atoms with E-state index in [0.717, 1.165) is 63.7 Å². The molecular formula is C16H31BrN2O2. The Labute approximate surface area is 138 Å². The van der Waals surface area contributed by atoms with E-state index in [4.69, 9.17) is 0 Å². The number of Topliss-reactive ketones (excluding diaryl/α,β-unsaturated/α-hetero) is 2. The monoisotopic (exact) mass is 362 g/mol. The predicted octanol–water partition coefficient (Wildman–Crippen LogP) is 2.79. The third kappa shape index (κ3) is 13.1. The first kappa shape index (κ1) is 20.7. The van der Waals surface area contributed by atoms with E-state index in [9.17, 15) is 9.59 Å². The number of nitrogens with zero attached hydrogens (tertiary/aromatic N) is 1. The number of rotatable bonds is 3. The molecule has 0 spiro atoms. The lowest BCUT2D eigenvalue weighted by Crippen LogP contribution is -2.34. The molecule has 0 amide bonds. The number of hydrogen-bond acceptors (Lipinski definition) is 4. The van der Waals surface area contributed by atoms with Crippen LogP contribution in [0.15, 0.2) is 0 Å². The fourth-order valence-corrected chi connectivity index (χ4v) is 2.05. The normalized spacial score (nSPS) is 19.2. The number of hydrogen-bond donors (Lipinski definition) is 1. The molecule has 124 valence electrons. The van der Waals surface area contributed by atoms with Crippen molar-refractivity contribution < 1.29 is 9.59 Å². The van der Waals surface area contributed by atoms with Crippen molar-refractivity contribution in [2.24, 2.45) is 0 Å². The minimum absolute atomic E-state index is 0.402. The van der Waals surface area contributed by atoms with E-state index in [0.29, 0.717) is 11.6 Å². The van der Waals surface area contributed by atoms with Gasteiger partial charge in [-0.05, 0) is 19.4 Å². The van der Waals surface area contributed by atoms with Gasteiger partial charge in [0.25, 0.3) is 0 Å². The number of ketones is 2. The quantitative estimate of drug-likeness (QED) is 0.784. The summed E-state index contributed by atoms with van der Waals surface area (Å²) < 4.78 is 0. The van der Waals surface area contributed by atoms with Crippen LogP contribution < -0.4 is 5.32 Å². The van der Waals surface area contributed by atoms with Crippen LogP contribution in [0.3, 0.4) is 0 Å². The number of likely N-dealkylation sites (tertiary alicyclic amines) is 1. The Bertz CT molecular complexity index is 265. The summed E-state index contributed by atoms with van der Waals surface area (Å²) in [6, 6.07) is 0. The van der Waals surface area contributed by atoms with Gasteiger partial charge in [-0.2, -0.15) is 0 Å². The first-order chi connectivity index (χ1) is 10.1. The van der Waals surface area contributed by atoms with Gasteiger partial charge in [0.1, 0.15) is 11.6 Å². The minimum atomic E-state index is 0.402. The second-order valence-electron chi connectivity index (χ2n) is 5.36. The van der Waals surface area contributed by atoms with E-state index < -0.39 is 0 Å². The van der Waals surface area contributed by atoms with Crippen molar-refractivity contribution >= 4 is 27.5 Å². The molecule has 0 aromatic heterocycles. The number of alkyl halides is 1. The van der Waals surface area contributed by atoms with Crippen LogP contribution >= 0.6 is 15.9 Å². The van der Waals surface area contributed by atoms with Crippen LogP contribution in [0, 0.1) is 0 Å². The fourth-order valence-electron chi connectivity index (χ4n) is 2.05. The molecule has 5 heteroatoms. The van der Waals surface area contributed by atoms with Gasteiger partial charge in [0.05, 0.1) is 0 Å².